The van der Waals surface area contributed by atoms with Crippen LogP contribution in [0, 0.1) is 6.92 Å². The highest BCUT2D eigenvalue weighted by molar-refractivity contribution is 6.02. The van der Waals surface area contributed by atoms with Gasteiger partial charge in [0.25, 0.3) is 0 Å². The number of aryl methyl sites for hydroxylation is 1. The molecule has 0 aliphatic rings. The van der Waals surface area contributed by atoms with Crippen LogP contribution in [0.1, 0.15) is 18.1 Å². The molecule has 0 saturated carbocycles. The maximum Gasteiger partial charge on any atom is 0.248 e. The van der Waals surface area contributed by atoms with Crippen LogP contribution in [0.15, 0.2) is 54.6 Å². The van der Waals surface area contributed by atoms with Gasteiger partial charge in [-0.3, -0.25) is 4.79 Å². The highest BCUT2D eigenvalue weighted by Gasteiger charge is 2.04. The molecule has 2 rings (SSSR count). The van der Waals surface area contributed by atoms with Crippen LogP contribution in [0.4, 0.5) is 5.69 Å². The molecule has 0 atom stereocenters. The highest BCUT2D eigenvalue weighted by Crippen LogP contribution is 2.23. The zero-order chi connectivity index (χ0) is 15.1. The monoisotopic (exact) mass is 281 g/mol. The first kappa shape index (κ1) is 14.9. The van der Waals surface area contributed by atoms with Gasteiger partial charge in [0.15, 0.2) is 0 Å². The molecule has 0 aliphatic heterocycles. The molecule has 0 radical (unpaired) electrons. The minimum Gasteiger partial charge on any atom is -0.492 e. The van der Waals surface area contributed by atoms with Crippen LogP contribution in [0.3, 0.4) is 0 Å². The van der Waals surface area contributed by atoms with Crippen LogP contribution in [0.25, 0.3) is 6.08 Å². The van der Waals surface area contributed by atoms with E-state index in [0.717, 1.165) is 5.56 Å². The van der Waals surface area contributed by atoms with Gasteiger partial charge in [-0.05, 0) is 37.6 Å². The fraction of sp³-hybridized carbons (Fsp3) is 0.167. The maximum atomic E-state index is 12.0. The average Bonchev–Trinajstić information content (AvgIpc) is 2.49. The van der Waals surface area contributed by atoms with E-state index in [9.17, 15) is 4.79 Å². The van der Waals surface area contributed by atoms with E-state index in [1.54, 1.807) is 6.08 Å². The van der Waals surface area contributed by atoms with E-state index in [0.29, 0.717) is 18.0 Å². The number of hydrogen-bond donors (Lipinski definition) is 1. The lowest BCUT2D eigenvalue weighted by atomic mass is 10.1. The first-order chi connectivity index (χ1) is 10.2. The second kappa shape index (κ2) is 7.29. The smallest absolute Gasteiger partial charge is 0.248 e. The van der Waals surface area contributed by atoms with Crippen molar-refractivity contribution in [3.05, 3.63) is 65.7 Å². The molecule has 108 valence electrons. The Kier molecular flexibility index (Phi) is 5.16. The number of benzene rings is 2. The summed E-state index contributed by atoms with van der Waals surface area (Å²) in [5.74, 6) is 0.500. The quantitative estimate of drug-likeness (QED) is 0.840. The van der Waals surface area contributed by atoms with Gasteiger partial charge in [-0.25, -0.2) is 0 Å². The fourth-order valence-corrected chi connectivity index (χ4v) is 1.88. The van der Waals surface area contributed by atoms with Crippen LogP contribution in [0.5, 0.6) is 5.75 Å². The van der Waals surface area contributed by atoms with Crippen molar-refractivity contribution in [2.24, 2.45) is 0 Å². The van der Waals surface area contributed by atoms with Gasteiger partial charge >= 0.3 is 0 Å². The predicted octanol–water partition coefficient (Wildman–Crippen LogP) is 4.05. The molecule has 0 bridgehead atoms. The zero-order valence-electron chi connectivity index (χ0n) is 12.3. The molecule has 0 aromatic heterocycles. The van der Waals surface area contributed by atoms with Gasteiger partial charge in [0.2, 0.25) is 5.91 Å². The molecule has 3 nitrogen and oxygen atoms in total. The Morgan fingerprint density at radius 1 is 1.14 bits per heavy atom. The van der Waals surface area contributed by atoms with E-state index in [-0.39, 0.29) is 5.91 Å². The number of anilines is 1. The first-order valence-corrected chi connectivity index (χ1v) is 6.96. The van der Waals surface area contributed by atoms with Crippen molar-refractivity contribution < 1.29 is 9.53 Å². The number of carbonyl (C=O) groups excluding carboxylic acids is 1. The molecule has 0 unspecified atom stereocenters. The van der Waals surface area contributed by atoms with Crippen molar-refractivity contribution >= 4 is 17.7 Å². The Morgan fingerprint density at radius 2 is 1.86 bits per heavy atom. The third-order valence-electron chi connectivity index (χ3n) is 2.95. The molecule has 0 saturated heterocycles. The summed E-state index contributed by atoms with van der Waals surface area (Å²) in [6.07, 6.45) is 3.31. The summed E-state index contributed by atoms with van der Waals surface area (Å²) in [4.78, 5) is 12.0. The van der Waals surface area contributed by atoms with Gasteiger partial charge in [-0.1, -0.05) is 42.0 Å². The number of para-hydroxylation sites is 2. The van der Waals surface area contributed by atoms with Crippen molar-refractivity contribution in [2.75, 3.05) is 11.9 Å². The normalized spacial score (nSPS) is 10.6. The van der Waals surface area contributed by atoms with Crippen LogP contribution in [-0.2, 0) is 4.79 Å². The van der Waals surface area contributed by atoms with Crippen LogP contribution < -0.4 is 10.1 Å². The lowest BCUT2D eigenvalue weighted by Crippen LogP contribution is -2.09. The van der Waals surface area contributed by atoms with Crippen LogP contribution in [-0.4, -0.2) is 12.5 Å². The lowest BCUT2D eigenvalue weighted by Gasteiger charge is -2.09. The SMILES string of the molecule is CCOc1ccccc1NC(=O)C=Cc1ccc(C)cc1. The van der Waals surface area contributed by atoms with E-state index < -0.39 is 0 Å². The van der Waals surface area contributed by atoms with Crippen molar-refractivity contribution in [1.29, 1.82) is 0 Å². The zero-order valence-corrected chi connectivity index (χ0v) is 12.3. The van der Waals surface area contributed by atoms with E-state index in [1.807, 2.05) is 62.4 Å². The molecule has 0 heterocycles. The Hall–Kier alpha value is -2.55. The van der Waals surface area contributed by atoms with Gasteiger partial charge in [-0.2, -0.15) is 0 Å². The van der Waals surface area contributed by atoms with E-state index >= 15 is 0 Å². The van der Waals surface area contributed by atoms with Crippen LogP contribution >= 0.6 is 0 Å². The maximum absolute atomic E-state index is 12.0. The molecule has 0 spiro atoms. The number of ether oxygens (including phenoxy) is 1. The predicted molar refractivity (Wildman–Crippen MR) is 86.5 cm³/mol. The van der Waals surface area contributed by atoms with Gasteiger partial charge in [0.1, 0.15) is 5.75 Å². The topological polar surface area (TPSA) is 38.3 Å². The largest absolute Gasteiger partial charge is 0.492 e. The number of hydrogen-bond acceptors (Lipinski definition) is 2. The molecule has 1 amide bonds. The molecule has 1 N–H and O–H groups in total. The molecule has 21 heavy (non-hydrogen) atoms. The van der Waals surface area contributed by atoms with Crippen molar-refractivity contribution in [3.8, 4) is 5.75 Å². The molecule has 0 fully saturated rings. The second-order valence-corrected chi connectivity index (χ2v) is 4.66. The summed E-state index contributed by atoms with van der Waals surface area (Å²) in [5, 5.41) is 2.83. The number of nitrogens with one attached hydrogen (secondary N) is 1. The molecule has 2 aromatic carbocycles. The van der Waals surface area contributed by atoms with Crippen molar-refractivity contribution in [3.63, 3.8) is 0 Å². The Labute approximate surface area is 125 Å². The van der Waals surface area contributed by atoms with E-state index in [4.69, 9.17) is 4.74 Å². The van der Waals surface area contributed by atoms with Gasteiger partial charge in [0, 0.05) is 6.08 Å². The van der Waals surface area contributed by atoms with Gasteiger partial charge in [0.05, 0.1) is 12.3 Å². The van der Waals surface area contributed by atoms with E-state index in [2.05, 4.69) is 5.32 Å². The number of carbonyl (C=O) groups is 1. The average molecular weight is 281 g/mol. The number of amides is 1. The molecule has 0 aliphatic carbocycles. The van der Waals surface area contributed by atoms with Gasteiger partial charge in [-0.15, -0.1) is 0 Å². The minimum absolute atomic E-state index is 0.178. The number of rotatable bonds is 5. The standard InChI is InChI=1S/C18H19NO2/c1-3-21-17-7-5-4-6-16(17)19-18(20)13-12-15-10-8-14(2)9-11-15/h4-13H,3H2,1-2H3,(H,19,20). The lowest BCUT2D eigenvalue weighted by molar-refractivity contribution is -0.111. The third kappa shape index (κ3) is 4.49. The molecule has 3 heteroatoms. The summed E-state index contributed by atoms with van der Waals surface area (Å²) in [6.45, 7) is 4.51. The van der Waals surface area contributed by atoms with Gasteiger partial charge < -0.3 is 10.1 Å². The molecular formula is C18H19NO2. The van der Waals surface area contributed by atoms with Crippen LogP contribution in [0.2, 0.25) is 0 Å². The summed E-state index contributed by atoms with van der Waals surface area (Å²) >= 11 is 0. The highest BCUT2D eigenvalue weighted by atomic mass is 16.5. The third-order valence-corrected chi connectivity index (χ3v) is 2.95. The first-order valence-electron chi connectivity index (χ1n) is 6.96. The summed E-state index contributed by atoms with van der Waals surface area (Å²) < 4.78 is 5.48. The van der Waals surface area contributed by atoms with Crippen molar-refractivity contribution in [2.45, 2.75) is 13.8 Å². The Bertz CT molecular complexity index is 630. The minimum atomic E-state index is -0.178. The fourth-order valence-electron chi connectivity index (χ4n) is 1.88. The van der Waals surface area contributed by atoms with Crippen molar-refractivity contribution in [1.82, 2.24) is 0 Å². The molecule has 2 aromatic rings. The Balaban J connectivity index is 2.03. The summed E-state index contributed by atoms with van der Waals surface area (Å²) in [6, 6.07) is 15.4. The summed E-state index contributed by atoms with van der Waals surface area (Å²) in [7, 11) is 0. The van der Waals surface area contributed by atoms with E-state index in [1.165, 1.54) is 11.6 Å². The summed E-state index contributed by atoms with van der Waals surface area (Å²) in [5.41, 5.74) is 2.87. The molecular weight excluding hydrogens is 262 g/mol. The second-order valence-electron chi connectivity index (χ2n) is 4.66. The Morgan fingerprint density at radius 3 is 2.57 bits per heavy atom.